The van der Waals surface area contributed by atoms with Crippen molar-refractivity contribution in [2.45, 2.75) is 45.3 Å². The summed E-state index contributed by atoms with van der Waals surface area (Å²) in [5, 5.41) is 0. The van der Waals surface area contributed by atoms with Crippen LogP contribution in [-0.2, 0) is 14.6 Å². The Morgan fingerprint density at radius 1 is 1.33 bits per heavy atom. The van der Waals surface area contributed by atoms with Crippen LogP contribution in [0.25, 0.3) is 0 Å². The number of methoxy groups -OCH3 is 1. The average molecular weight is 237 g/mol. The van der Waals surface area contributed by atoms with Crippen LogP contribution in [0.2, 0.25) is 0 Å². The number of hydrogen-bond acceptors (Lipinski definition) is 4. The fourth-order valence-electron chi connectivity index (χ4n) is 0.971. The predicted octanol–water partition coefficient (Wildman–Crippen LogP) is 0.954. The van der Waals surface area contributed by atoms with Crippen molar-refractivity contribution in [2.24, 2.45) is 5.73 Å². The van der Waals surface area contributed by atoms with Crippen molar-refractivity contribution in [1.29, 1.82) is 0 Å². The minimum absolute atomic E-state index is 0.0600. The summed E-state index contributed by atoms with van der Waals surface area (Å²) >= 11 is 0. The molecule has 15 heavy (non-hydrogen) atoms. The number of hydrogen-bond donors (Lipinski definition) is 1. The molecule has 1 unspecified atom stereocenters. The van der Waals surface area contributed by atoms with Gasteiger partial charge in [0.05, 0.1) is 17.1 Å². The van der Waals surface area contributed by atoms with E-state index in [1.165, 1.54) is 0 Å². The Morgan fingerprint density at radius 3 is 2.27 bits per heavy atom. The van der Waals surface area contributed by atoms with E-state index in [-0.39, 0.29) is 23.1 Å². The van der Waals surface area contributed by atoms with Gasteiger partial charge in [0.1, 0.15) is 9.84 Å². The van der Waals surface area contributed by atoms with Gasteiger partial charge in [0.2, 0.25) is 0 Å². The SMILES string of the molecule is COC(C)(C)CCS(=O)(=O)CCC(C)N. The molecule has 0 aromatic rings. The summed E-state index contributed by atoms with van der Waals surface area (Å²) < 4.78 is 28.3. The highest BCUT2D eigenvalue weighted by Gasteiger charge is 2.21. The predicted molar refractivity (Wildman–Crippen MR) is 62.6 cm³/mol. The summed E-state index contributed by atoms with van der Waals surface area (Å²) in [7, 11) is -1.39. The Morgan fingerprint density at radius 2 is 1.87 bits per heavy atom. The van der Waals surface area contributed by atoms with Gasteiger partial charge in [-0.25, -0.2) is 8.42 Å². The lowest BCUT2D eigenvalue weighted by Crippen LogP contribution is -2.28. The van der Waals surface area contributed by atoms with Crippen molar-refractivity contribution in [2.75, 3.05) is 18.6 Å². The van der Waals surface area contributed by atoms with E-state index in [9.17, 15) is 8.42 Å². The van der Waals surface area contributed by atoms with Crippen LogP contribution in [0.3, 0.4) is 0 Å². The van der Waals surface area contributed by atoms with E-state index in [4.69, 9.17) is 10.5 Å². The maximum atomic E-state index is 11.6. The second-order valence-electron chi connectivity index (χ2n) is 4.63. The number of nitrogens with two attached hydrogens (primary N) is 1. The lowest BCUT2D eigenvalue weighted by atomic mass is 10.1. The Bertz CT molecular complexity index is 270. The Hall–Kier alpha value is -0.130. The zero-order valence-electron chi connectivity index (χ0n) is 10.1. The number of sulfone groups is 1. The first-order valence-electron chi connectivity index (χ1n) is 5.20. The van der Waals surface area contributed by atoms with Crippen molar-refractivity contribution in [1.82, 2.24) is 0 Å². The molecule has 5 heteroatoms. The average Bonchev–Trinajstić information content (AvgIpc) is 2.13. The van der Waals surface area contributed by atoms with Crippen LogP contribution >= 0.6 is 0 Å². The zero-order chi connectivity index (χ0) is 12.1. The second-order valence-corrected chi connectivity index (χ2v) is 6.94. The highest BCUT2D eigenvalue weighted by molar-refractivity contribution is 7.91. The van der Waals surface area contributed by atoms with Crippen LogP contribution in [0.15, 0.2) is 0 Å². The van der Waals surface area contributed by atoms with Gasteiger partial charge in [-0.1, -0.05) is 0 Å². The maximum absolute atomic E-state index is 11.6. The molecule has 0 spiro atoms. The van der Waals surface area contributed by atoms with E-state index >= 15 is 0 Å². The molecule has 0 aliphatic heterocycles. The van der Waals surface area contributed by atoms with Gasteiger partial charge in [0.25, 0.3) is 0 Å². The quantitative estimate of drug-likeness (QED) is 0.716. The van der Waals surface area contributed by atoms with Gasteiger partial charge in [-0.3, -0.25) is 0 Å². The van der Waals surface area contributed by atoms with Crippen molar-refractivity contribution in [3.63, 3.8) is 0 Å². The number of rotatable bonds is 7. The lowest BCUT2D eigenvalue weighted by Gasteiger charge is -2.22. The van der Waals surface area contributed by atoms with E-state index in [1.54, 1.807) is 7.11 Å². The summed E-state index contributed by atoms with van der Waals surface area (Å²) in [5.74, 6) is 0.338. The van der Waals surface area contributed by atoms with Crippen LogP contribution in [0, 0.1) is 0 Å². The van der Waals surface area contributed by atoms with Gasteiger partial charge in [-0.2, -0.15) is 0 Å². The topological polar surface area (TPSA) is 69.4 Å². The molecule has 0 fully saturated rings. The van der Waals surface area contributed by atoms with E-state index in [0.717, 1.165) is 0 Å². The van der Waals surface area contributed by atoms with E-state index in [2.05, 4.69) is 0 Å². The first kappa shape index (κ1) is 14.9. The van der Waals surface area contributed by atoms with Gasteiger partial charge in [-0.05, 0) is 33.6 Å². The van der Waals surface area contributed by atoms with Gasteiger partial charge >= 0.3 is 0 Å². The second kappa shape index (κ2) is 5.82. The van der Waals surface area contributed by atoms with Crippen LogP contribution in [-0.4, -0.2) is 38.7 Å². The molecule has 0 heterocycles. The zero-order valence-corrected chi connectivity index (χ0v) is 10.9. The molecular weight excluding hydrogens is 214 g/mol. The fraction of sp³-hybridized carbons (Fsp3) is 1.00. The largest absolute Gasteiger partial charge is 0.379 e. The Labute approximate surface area is 93.1 Å². The molecule has 0 saturated heterocycles. The van der Waals surface area contributed by atoms with Crippen molar-refractivity contribution < 1.29 is 13.2 Å². The van der Waals surface area contributed by atoms with Crippen molar-refractivity contribution in [3.05, 3.63) is 0 Å². The molecule has 0 radical (unpaired) electrons. The minimum Gasteiger partial charge on any atom is -0.379 e. The van der Waals surface area contributed by atoms with Crippen LogP contribution in [0.1, 0.15) is 33.6 Å². The number of ether oxygens (including phenoxy) is 1. The highest BCUT2D eigenvalue weighted by Crippen LogP contribution is 2.14. The molecule has 0 aromatic heterocycles. The van der Waals surface area contributed by atoms with Crippen molar-refractivity contribution >= 4 is 9.84 Å². The van der Waals surface area contributed by atoms with E-state index in [1.807, 2.05) is 20.8 Å². The van der Waals surface area contributed by atoms with Gasteiger partial charge in [-0.15, -0.1) is 0 Å². The normalized spacial score (nSPS) is 15.3. The summed E-state index contributed by atoms with van der Waals surface area (Å²) in [6.45, 7) is 5.58. The molecule has 0 saturated carbocycles. The molecule has 1 atom stereocenters. The summed E-state index contributed by atoms with van der Waals surface area (Å²) in [6, 6.07) is -0.0600. The molecule has 92 valence electrons. The fourth-order valence-corrected chi connectivity index (χ4v) is 2.71. The highest BCUT2D eigenvalue weighted by atomic mass is 32.2. The molecule has 0 bridgehead atoms. The van der Waals surface area contributed by atoms with Crippen LogP contribution in [0.4, 0.5) is 0 Å². The Kier molecular flexibility index (Phi) is 5.77. The molecular formula is C10H23NO3S. The Balaban J connectivity index is 4.05. The smallest absolute Gasteiger partial charge is 0.150 e. The summed E-state index contributed by atoms with van der Waals surface area (Å²) in [4.78, 5) is 0. The molecule has 0 aliphatic carbocycles. The molecule has 0 amide bonds. The summed E-state index contributed by atoms with van der Waals surface area (Å²) in [5.41, 5.74) is 5.14. The van der Waals surface area contributed by atoms with Gasteiger partial charge in [0, 0.05) is 13.2 Å². The maximum Gasteiger partial charge on any atom is 0.150 e. The summed E-state index contributed by atoms with van der Waals surface area (Å²) in [6.07, 6.45) is 1.04. The third kappa shape index (κ3) is 7.76. The molecule has 4 nitrogen and oxygen atoms in total. The minimum atomic E-state index is -2.98. The third-order valence-electron chi connectivity index (χ3n) is 2.45. The van der Waals surface area contributed by atoms with Crippen LogP contribution in [0.5, 0.6) is 0 Å². The molecule has 2 N–H and O–H groups in total. The molecule has 0 aliphatic rings. The standard InChI is InChI=1S/C10H23NO3S/c1-9(11)5-7-15(12,13)8-6-10(2,3)14-4/h9H,5-8,11H2,1-4H3. The van der Waals surface area contributed by atoms with E-state index < -0.39 is 9.84 Å². The first-order valence-corrected chi connectivity index (χ1v) is 7.02. The van der Waals surface area contributed by atoms with Gasteiger partial charge < -0.3 is 10.5 Å². The molecule has 0 rings (SSSR count). The van der Waals surface area contributed by atoms with E-state index in [0.29, 0.717) is 12.8 Å². The first-order chi connectivity index (χ1) is 6.68. The van der Waals surface area contributed by atoms with Gasteiger partial charge in [0.15, 0.2) is 0 Å². The third-order valence-corrected chi connectivity index (χ3v) is 4.14. The lowest BCUT2D eigenvalue weighted by molar-refractivity contribution is 0.0203. The van der Waals surface area contributed by atoms with Crippen molar-refractivity contribution in [3.8, 4) is 0 Å². The molecule has 0 aromatic carbocycles. The van der Waals surface area contributed by atoms with Crippen LogP contribution < -0.4 is 5.73 Å². The monoisotopic (exact) mass is 237 g/mol.